The molecule has 0 saturated heterocycles. The Balaban J connectivity index is 2.06. The lowest BCUT2D eigenvalue weighted by Gasteiger charge is -2.22. The number of benzene rings is 2. The van der Waals surface area contributed by atoms with Gasteiger partial charge in [-0.05, 0) is 36.4 Å². The van der Waals surface area contributed by atoms with Crippen molar-refractivity contribution in [3.8, 4) is 5.75 Å². The molecule has 0 fully saturated rings. The van der Waals surface area contributed by atoms with E-state index < -0.39 is 10.0 Å². The zero-order valence-corrected chi connectivity index (χ0v) is 15.5. The van der Waals surface area contributed by atoms with E-state index in [1.165, 1.54) is 11.4 Å². The van der Waals surface area contributed by atoms with E-state index in [0.717, 1.165) is 6.26 Å². The van der Waals surface area contributed by atoms with Crippen molar-refractivity contribution >= 4 is 33.2 Å². The molecule has 0 saturated carbocycles. The molecule has 0 aliphatic carbocycles. The molecule has 0 bridgehead atoms. The van der Waals surface area contributed by atoms with Crippen LogP contribution in [0.2, 0.25) is 5.02 Å². The molecule has 0 aliphatic rings. The van der Waals surface area contributed by atoms with Crippen LogP contribution in [0.4, 0.5) is 5.69 Å². The highest BCUT2D eigenvalue weighted by Gasteiger charge is 2.18. The summed E-state index contributed by atoms with van der Waals surface area (Å²) < 4.78 is 30.4. The van der Waals surface area contributed by atoms with Crippen molar-refractivity contribution in [3.63, 3.8) is 0 Å². The van der Waals surface area contributed by atoms with Crippen LogP contribution in [0.5, 0.6) is 5.75 Å². The summed E-state index contributed by atoms with van der Waals surface area (Å²) in [6.45, 7) is 0.244. The van der Waals surface area contributed by atoms with Gasteiger partial charge in [-0.1, -0.05) is 23.7 Å². The van der Waals surface area contributed by atoms with Crippen molar-refractivity contribution in [2.75, 3.05) is 30.8 Å². The van der Waals surface area contributed by atoms with Gasteiger partial charge in [-0.3, -0.25) is 9.10 Å². The number of sulfonamides is 1. The van der Waals surface area contributed by atoms with Gasteiger partial charge in [0.15, 0.2) is 0 Å². The quantitative estimate of drug-likeness (QED) is 0.798. The highest BCUT2D eigenvalue weighted by atomic mass is 35.5. The van der Waals surface area contributed by atoms with Crippen LogP contribution in [0.3, 0.4) is 0 Å². The second-order valence-electron chi connectivity index (χ2n) is 5.27. The lowest BCUT2D eigenvalue weighted by molar-refractivity contribution is 0.0952. The zero-order chi connectivity index (χ0) is 18.4. The van der Waals surface area contributed by atoms with Crippen molar-refractivity contribution in [3.05, 3.63) is 59.1 Å². The van der Waals surface area contributed by atoms with E-state index in [0.29, 0.717) is 22.0 Å². The summed E-state index contributed by atoms with van der Waals surface area (Å²) in [5.41, 5.74) is 0.876. The molecule has 0 atom stereocenters. The SMILES string of the molecule is COc1ccccc1C(=O)NCCN(c1ccc(Cl)cc1)S(C)(=O)=O. The molecule has 8 heteroatoms. The first-order chi connectivity index (χ1) is 11.8. The number of rotatable bonds is 7. The average Bonchev–Trinajstić information content (AvgIpc) is 2.58. The van der Waals surface area contributed by atoms with Crippen LogP contribution in [0.25, 0.3) is 0 Å². The molecule has 1 amide bonds. The Bertz CT molecular complexity index is 838. The topological polar surface area (TPSA) is 75.7 Å². The van der Waals surface area contributed by atoms with Crippen LogP contribution in [0, 0.1) is 0 Å². The standard InChI is InChI=1S/C17H19ClN2O4S/c1-24-16-6-4-3-5-15(16)17(21)19-11-12-20(25(2,22)23)14-9-7-13(18)8-10-14/h3-10H,11-12H2,1-2H3,(H,19,21). The molecule has 2 rings (SSSR count). The Morgan fingerprint density at radius 1 is 1.16 bits per heavy atom. The largest absolute Gasteiger partial charge is 0.496 e. The summed E-state index contributed by atoms with van der Waals surface area (Å²) in [5, 5.41) is 3.22. The van der Waals surface area contributed by atoms with Crippen molar-refractivity contribution in [1.29, 1.82) is 0 Å². The Labute approximate surface area is 152 Å². The first kappa shape index (κ1) is 19.1. The van der Waals surface area contributed by atoms with E-state index in [4.69, 9.17) is 16.3 Å². The second-order valence-corrected chi connectivity index (χ2v) is 7.61. The van der Waals surface area contributed by atoms with Crippen molar-refractivity contribution in [1.82, 2.24) is 5.32 Å². The first-order valence-electron chi connectivity index (χ1n) is 7.47. The van der Waals surface area contributed by atoms with E-state index in [9.17, 15) is 13.2 Å². The fourth-order valence-electron chi connectivity index (χ4n) is 2.29. The molecule has 0 aliphatic heterocycles. The van der Waals surface area contributed by atoms with Crippen LogP contribution in [0.1, 0.15) is 10.4 Å². The summed E-state index contributed by atoms with van der Waals surface area (Å²) in [4.78, 5) is 12.3. The number of carbonyl (C=O) groups excluding carboxylic acids is 1. The first-order valence-corrected chi connectivity index (χ1v) is 9.70. The van der Waals surface area contributed by atoms with E-state index in [1.54, 1.807) is 48.5 Å². The number of halogens is 1. The highest BCUT2D eigenvalue weighted by Crippen LogP contribution is 2.20. The minimum Gasteiger partial charge on any atom is -0.496 e. The number of para-hydroxylation sites is 1. The van der Waals surface area contributed by atoms with Gasteiger partial charge in [0.05, 0.1) is 31.2 Å². The second kappa shape index (κ2) is 8.22. The molecule has 6 nitrogen and oxygen atoms in total. The van der Waals surface area contributed by atoms with Gasteiger partial charge in [0, 0.05) is 11.6 Å². The molecule has 2 aromatic carbocycles. The monoisotopic (exact) mass is 382 g/mol. The number of methoxy groups -OCH3 is 1. The average molecular weight is 383 g/mol. The van der Waals surface area contributed by atoms with Crippen LogP contribution < -0.4 is 14.4 Å². The number of hydrogen-bond donors (Lipinski definition) is 1. The van der Waals surface area contributed by atoms with Crippen LogP contribution in [0.15, 0.2) is 48.5 Å². The minimum absolute atomic E-state index is 0.0986. The number of hydrogen-bond acceptors (Lipinski definition) is 4. The Kier molecular flexibility index (Phi) is 6.27. The predicted molar refractivity (Wildman–Crippen MR) is 99.0 cm³/mol. The summed E-state index contributed by atoms with van der Waals surface area (Å²) >= 11 is 5.84. The highest BCUT2D eigenvalue weighted by molar-refractivity contribution is 7.92. The minimum atomic E-state index is -3.49. The molecule has 0 aromatic heterocycles. The summed E-state index contributed by atoms with van der Waals surface area (Å²) in [5.74, 6) is 0.125. The number of amides is 1. The smallest absolute Gasteiger partial charge is 0.255 e. The van der Waals surface area contributed by atoms with Crippen LogP contribution in [-0.2, 0) is 10.0 Å². The summed E-state index contributed by atoms with van der Waals surface area (Å²) in [6, 6.07) is 13.3. The Morgan fingerprint density at radius 2 is 1.80 bits per heavy atom. The molecular weight excluding hydrogens is 364 g/mol. The molecule has 0 radical (unpaired) electrons. The van der Waals surface area contributed by atoms with E-state index >= 15 is 0 Å². The van der Waals surface area contributed by atoms with Gasteiger partial charge in [-0.2, -0.15) is 0 Å². The van der Waals surface area contributed by atoms with Gasteiger partial charge in [0.2, 0.25) is 10.0 Å². The van der Waals surface area contributed by atoms with E-state index in [-0.39, 0.29) is 19.0 Å². The van der Waals surface area contributed by atoms with Crippen molar-refractivity contribution in [2.45, 2.75) is 0 Å². The molecule has 25 heavy (non-hydrogen) atoms. The number of nitrogens with one attached hydrogen (secondary N) is 1. The predicted octanol–water partition coefficient (Wildman–Crippen LogP) is 2.54. The van der Waals surface area contributed by atoms with Gasteiger partial charge < -0.3 is 10.1 Å². The Morgan fingerprint density at radius 3 is 2.40 bits per heavy atom. The number of ether oxygens (including phenoxy) is 1. The normalized spacial score (nSPS) is 11.0. The maximum Gasteiger partial charge on any atom is 0.255 e. The van der Waals surface area contributed by atoms with E-state index in [1.807, 2.05) is 0 Å². The molecule has 1 N–H and O–H groups in total. The van der Waals surface area contributed by atoms with Gasteiger partial charge in [-0.25, -0.2) is 8.42 Å². The maximum absolute atomic E-state index is 12.3. The van der Waals surface area contributed by atoms with Gasteiger partial charge in [0.25, 0.3) is 5.91 Å². The zero-order valence-electron chi connectivity index (χ0n) is 13.9. The number of nitrogens with zero attached hydrogens (tertiary/aromatic N) is 1. The van der Waals surface area contributed by atoms with Gasteiger partial charge >= 0.3 is 0 Å². The molecule has 0 spiro atoms. The molecule has 0 heterocycles. The fourth-order valence-corrected chi connectivity index (χ4v) is 3.35. The third kappa shape index (κ3) is 5.11. The molecule has 134 valence electrons. The third-order valence-corrected chi connectivity index (χ3v) is 4.91. The summed E-state index contributed by atoms with van der Waals surface area (Å²) in [7, 11) is -2.01. The van der Waals surface area contributed by atoms with Gasteiger partial charge in [-0.15, -0.1) is 0 Å². The van der Waals surface area contributed by atoms with Crippen LogP contribution in [-0.4, -0.2) is 40.8 Å². The third-order valence-electron chi connectivity index (χ3n) is 3.47. The van der Waals surface area contributed by atoms with Crippen molar-refractivity contribution < 1.29 is 17.9 Å². The lowest BCUT2D eigenvalue weighted by Crippen LogP contribution is -2.38. The number of anilines is 1. The molecule has 0 unspecified atom stereocenters. The Hall–Kier alpha value is -2.25. The molecule has 2 aromatic rings. The number of carbonyl (C=O) groups is 1. The van der Waals surface area contributed by atoms with E-state index in [2.05, 4.69) is 5.32 Å². The molecular formula is C17H19ClN2O4S. The lowest BCUT2D eigenvalue weighted by atomic mass is 10.2. The van der Waals surface area contributed by atoms with Crippen LogP contribution >= 0.6 is 11.6 Å². The van der Waals surface area contributed by atoms with Gasteiger partial charge in [0.1, 0.15) is 5.75 Å². The van der Waals surface area contributed by atoms with Crippen molar-refractivity contribution in [2.24, 2.45) is 0 Å². The summed E-state index contributed by atoms with van der Waals surface area (Å²) in [6.07, 6.45) is 1.11. The fraction of sp³-hybridized carbons (Fsp3) is 0.235. The maximum atomic E-state index is 12.3.